The SMILES string of the molecule is O=C1C(Sc2ccc(F)cc2)c2ccccc2N1Cc1cn(Cc2ccc(Br)cc2)nn1. The summed E-state index contributed by atoms with van der Waals surface area (Å²) in [6, 6.07) is 22.0. The molecule has 1 atom stereocenters. The zero-order chi connectivity index (χ0) is 22.1. The molecule has 8 heteroatoms. The summed E-state index contributed by atoms with van der Waals surface area (Å²) in [5, 5.41) is 8.13. The van der Waals surface area contributed by atoms with E-state index in [-0.39, 0.29) is 17.0 Å². The minimum absolute atomic E-state index is 0.0111. The van der Waals surface area contributed by atoms with Crippen LogP contribution in [0.2, 0.25) is 0 Å². The standard InChI is InChI=1S/C24H18BrFN4OS/c25-17-7-5-16(6-8-17)13-29-14-19(27-28-29)15-30-22-4-2-1-3-21(22)23(24(30)31)32-20-11-9-18(26)10-12-20/h1-12,14,23H,13,15H2. The molecule has 0 bridgehead atoms. The number of para-hydroxylation sites is 1. The summed E-state index contributed by atoms with van der Waals surface area (Å²) in [6.07, 6.45) is 1.87. The van der Waals surface area contributed by atoms with E-state index in [1.165, 1.54) is 23.9 Å². The Kier molecular flexibility index (Phi) is 5.80. The summed E-state index contributed by atoms with van der Waals surface area (Å²) in [4.78, 5) is 15.9. The van der Waals surface area contributed by atoms with E-state index in [0.717, 1.165) is 31.9 Å². The first-order valence-electron chi connectivity index (χ1n) is 10.0. The molecular weight excluding hydrogens is 491 g/mol. The average molecular weight is 509 g/mol. The lowest BCUT2D eigenvalue weighted by Crippen LogP contribution is -2.27. The molecule has 1 aliphatic rings. The van der Waals surface area contributed by atoms with Gasteiger partial charge in [0.05, 0.1) is 19.3 Å². The Morgan fingerprint density at radius 3 is 2.50 bits per heavy atom. The summed E-state index contributed by atoms with van der Waals surface area (Å²) < 4.78 is 16.1. The number of aromatic nitrogens is 3. The van der Waals surface area contributed by atoms with Crippen molar-refractivity contribution in [3.05, 3.63) is 106 Å². The lowest BCUT2D eigenvalue weighted by atomic mass is 10.1. The van der Waals surface area contributed by atoms with Gasteiger partial charge in [-0.3, -0.25) is 4.79 Å². The Bertz CT molecular complexity index is 1260. The number of hydrogen-bond acceptors (Lipinski definition) is 4. The highest BCUT2D eigenvalue weighted by atomic mass is 79.9. The fourth-order valence-corrected chi connectivity index (χ4v) is 5.09. The van der Waals surface area contributed by atoms with Crippen molar-refractivity contribution < 1.29 is 9.18 Å². The molecule has 1 amide bonds. The number of fused-ring (bicyclic) bond motifs is 1. The second-order valence-corrected chi connectivity index (χ2v) is 9.56. The average Bonchev–Trinajstić information content (AvgIpc) is 3.35. The van der Waals surface area contributed by atoms with Crippen molar-refractivity contribution in [1.82, 2.24) is 15.0 Å². The first-order valence-corrected chi connectivity index (χ1v) is 11.7. The van der Waals surface area contributed by atoms with Gasteiger partial charge in [0.15, 0.2) is 0 Å². The fraction of sp³-hybridized carbons (Fsp3) is 0.125. The van der Waals surface area contributed by atoms with Crippen LogP contribution in [0.1, 0.15) is 22.1 Å². The van der Waals surface area contributed by atoms with Gasteiger partial charge in [0, 0.05) is 15.1 Å². The zero-order valence-electron chi connectivity index (χ0n) is 16.9. The number of nitrogens with zero attached hydrogens (tertiary/aromatic N) is 4. The molecule has 1 aliphatic heterocycles. The Morgan fingerprint density at radius 1 is 0.969 bits per heavy atom. The van der Waals surface area contributed by atoms with Gasteiger partial charge in [-0.1, -0.05) is 51.5 Å². The molecule has 4 aromatic rings. The Hall–Kier alpha value is -2.97. The van der Waals surface area contributed by atoms with Gasteiger partial charge in [-0.2, -0.15) is 0 Å². The number of halogens is 2. The number of anilines is 1. The molecule has 5 rings (SSSR count). The second-order valence-electron chi connectivity index (χ2n) is 7.47. The van der Waals surface area contributed by atoms with Crippen molar-refractivity contribution in [2.75, 3.05) is 4.90 Å². The molecule has 0 radical (unpaired) electrons. The third-order valence-corrected chi connectivity index (χ3v) is 7.00. The summed E-state index contributed by atoms with van der Waals surface area (Å²) in [5.41, 5.74) is 3.66. The van der Waals surface area contributed by atoms with Crippen molar-refractivity contribution in [1.29, 1.82) is 0 Å². The van der Waals surface area contributed by atoms with Crippen molar-refractivity contribution in [3.63, 3.8) is 0 Å². The zero-order valence-corrected chi connectivity index (χ0v) is 19.3. The molecule has 1 unspecified atom stereocenters. The van der Waals surface area contributed by atoms with Gasteiger partial charge < -0.3 is 4.90 Å². The molecule has 2 heterocycles. The van der Waals surface area contributed by atoms with Gasteiger partial charge in [-0.05, 0) is 53.6 Å². The summed E-state index contributed by atoms with van der Waals surface area (Å²) in [6.45, 7) is 0.949. The third-order valence-electron chi connectivity index (χ3n) is 5.23. The summed E-state index contributed by atoms with van der Waals surface area (Å²) >= 11 is 4.87. The van der Waals surface area contributed by atoms with Crippen molar-refractivity contribution >= 4 is 39.3 Å². The van der Waals surface area contributed by atoms with Crippen LogP contribution in [-0.4, -0.2) is 20.9 Å². The fourth-order valence-electron chi connectivity index (χ4n) is 3.70. The number of amides is 1. The van der Waals surface area contributed by atoms with Gasteiger partial charge in [-0.25, -0.2) is 9.07 Å². The van der Waals surface area contributed by atoms with E-state index in [1.54, 1.807) is 21.7 Å². The first-order chi connectivity index (χ1) is 15.6. The van der Waals surface area contributed by atoms with Gasteiger partial charge in [0.25, 0.3) is 0 Å². The van der Waals surface area contributed by atoms with E-state index in [2.05, 4.69) is 26.2 Å². The van der Waals surface area contributed by atoms with Crippen molar-refractivity contribution in [2.24, 2.45) is 0 Å². The molecule has 0 aliphatic carbocycles. The highest BCUT2D eigenvalue weighted by Gasteiger charge is 2.38. The van der Waals surface area contributed by atoms with E-state index in [4.69, 9.17) is 0 Å². The number of rotatable bonds is 6. The van der Waals surface area contributed by atoms with E-state index in [0.29, 0.717) is 13.1 Å². The van der Waals surface area contributed by atoms with Crippen LogP contribution in [0.15, 0.2) is 88.4 Å². The Labute approximate surface area is 197 Å². The lowest BCUT2D eigenvalue weighted by Gasteiger charge is -2.16. The molecular formula is C24H18BrFN4OS. The van der Waals surface area contributed by atoms with Crippen LogP contribution in [0, 0.1) is 5.82 Å². The molecule has 0 spiro atoms. The van der Waals surface area contributed by atoms with E-state index in [9.17, 15) is 9.18 Å². The first kappa shape index (κ1) is 20.9. The molecule has 5 nitrogen and oxygen atoms in total. The normalized spacial score (nSPS) is 15.2. The molecule has 0 saturated carbocycles. The van der Waals surface area contributed by atoms with Gasteiger partial charge in [-0.15, -0.1) is 16.9 Å². The van der Waals surface area contributed by atoms with Crippen molar-refractivity contribution in [3.8, 4) is 0 Å². The van der Waals surface area contributed by atoms with Crippen LogP contribution in [0.3, 0.4) is 0 Å². The van der Waals surface area contributed by atoms with Gasteiger partial charge in [0.1, 0.15) is 16.8 Å². The monoisotopic (exact) mass is 508 g/mol. The maximum atomic E-state index is 13.3. The largest absolute Gasteiger partial charge is 0.305 e. The van der Waals surface area contributed by atoms with Crippen LogP contribution in [-0.2, 0) is 17.9 Å². The smallest absolute Gasteiger partial charge is 0.245 e. The summed E-state index contributed by atoms with van der Waals surface area (Å²) in [5.74, 6) is -0.302. The van der Waals surface area contributed by atoms with Gasteiger partial charge >= 0.3 is 0 Å². The number of carbonyl (C=O) groups excluding carboxylic acids is 1. The molecule has 0 saturated heterocycles. The van der Waals surface area contributed by atoms with Crippen LogP contribution >= 0.6 is 27.7 Å². The highest BCUT2D eigenvalue weighted by Crippen LogP contribution is 2.46. The maximum Gasteiger partial charge on any atom is 0.245 e. The second kappa shape index (κ2) is 8.88. The minimum atomic E-state index is -0.380. The molecule has 1 aromatic heterocycles. The number of carbonyl (C=O) groups is 1. The predicted molar refractivity (Wildman–Crippen MR) is 126 cm³/mol. The maximum absolute atomic E-state index is 13.3. The molecule has 160 valence electrons. The third kappa shape index (κ3) is 4.33. The predicted octanol–water partition coefficient (Wildman–Crippen LogP) is 5.61. The summed E-state index contributed by atoms with van der Waals surface area (Å²) in [7, 11) is 0. The molecule has 32 heavy (non-hydrogen) atoms. The molecule has 0 N–H and O–H groups in total. The van der Waals surface area contributed by atoms with Crippen LogP contribution in [0.4, 0.5) is 10.1 Å². The topological polar surface area (TPSA) is 51.0 Å². The Balaban J connectivity index is 1.35. The van der Waals surface area contributed by atoms with Crippen molar-refractivity contribution in [2.45, 2.75) is 23.2 Å². The number of hydrogen-bond donors (Lipinski definition) is 0. The quantitative estimate of drug-likeness (QED) is 0.339. The number of thioether (sulfide) groups is 1. The molecule has 0 fully saturated rings. The van der Waals surface area contributed by atoms with Gasteiger partial charge in [0.2, 0.25) is 5.91 Å². The number of benzene rings is 3. The van der Waals surface area contributed by atoms with Crippen LogP contribution in [0.25, 0.3) is 0 Å². The minimum Gasteiger partial charge on any atom is -0.305 e. The van der Waals surface area contributed by atoms with E-state index in [1.807, 2.05) is 54.7 Å². The highest BCUT2D eigenvalue weighted by molar-refractivity contribution is 9.10. The Morgan fingerprint density at radius 2 is 1.72 bits per heavy atom. The van der Waals surface area contributed by atoms with E-state index >= 15 is 0 Å². The van der Waals surface area contributed by atoms with Crippen LogP contribution < -0.4 is 4.90 Å². The van der Waals surface area contributed by atoms with Crippen LogP contribution in [0.5, 0.6) is 0 Å². The van der Waals surface area contributed by atoms with E-state index < -0.39 is 0 Å². The molecule has 3 aromatic carbocycles. The lowest BCUT2D eigenvalue weighted by molar-refractivity contribution is -0.117.